The molecule has 17 heavy (non-hydrogen) atoms. The summed E-state index contributed by atoms with van der Waals surface area (Å²) >= 11 is 0. The SMILES string of the molecule is CCCC(C)(CNC(C)C)Cc1ccn(C)n1. The van der Waals surface area contributed by atoms with Crippen molar-refractivity contribution in [1.82, 2.24) is 15.1 Å². The van der Waals surface area contributed by atoms with E-state index < -0.39 is 0 Å². The van der Waals surface area contributed by atoms with Crippen LogP contribution in [0.2, 0.25) is 0 Å². The lowest BCUT2D eigenvalue weighted by Gasteiger charge is -2.30. The van der Waals surface area contributed by atoms with E-state index in [0.717, 1.165) is 13.0 Å². The zero-order valence-corrected chi connectivity index (χ0v) is 12.0. The highest BCUT2D eigenvalue weighted by atomic mass is 15.2. The Morgan fingerprint density at radius 1 is 1.47 bits per heavy atom. The second-order valence-electron chi connectivity index (χ2n) is 5.75. The zero-order chi connectivity index (χ0) is 12.9. The molecule has 1 atom stereocenters. The summed E-state index contributed by atoms with van der Waals surface area (Å²) in [5, 5.41) is 8.06. The minimum absolute atomic E-state index is 0.313. The second kappa shape index (κ2) is 6.20. The van der Waals surface area contributed by atoms with Crippen LogP contribution < -0.4 is 5.32 Å². The van der Waals surface area contributed by atoms with Crippen LogP contribution in [0, 0.1) is 5.41 Å². The van der Waals surface area contributed by atoms with Crippen molar-refractivity contribution in [2.75, 3.05) is 6.54 Å². The van der Waals surface area contributed by atoms with E-state index in [-0.39, 0.29) is 0 Å². The van der Waals surface area contributed by atoms with Crippen molar-refractivity contribution < 1.29 is 0 Å². The van der Waals surface area contributed by atoms with Gasteiger partial charge < -0.3 is 5.32 Å². The minimum atomic E-state index is 0.313. The molecule has 0 bridgehead atoms. The van der Waals surface area contributed by atoms with E-state index in [1.165, 1.54) is 18.5 Å². The summed E-state index contributed by atoms with van der Waals surface area (Å²) in [6, 6.07) is 2.68. The first-order valence-corrected chi connectivity index (χ1v) is 6.67. The summed E-state index contributed by atoms with van der Waals surface area (Å²) in [7, 11) is 1.98. The molecule has 0 saturated heterocycles. The van der Waals surface area contributed by atoms with Gasteiger partial charge in [0, 0.05) is 25.8 Å². The van der Waals surface area contributed by atoms with Crippen LogP contribution in [0.25, 0.3) is 0 Å². The van der Waals surface area contributed by atoms with Crippen molar-refractivity contribution in [1.29, 1.82) is 0 Å². The molecule has 1 heterocycles. The van der Waals surface area contributed by atoms with E-state index in [9.17, 15) is 0 Å². The van der Waals surface area contributed by atoms with Crippen molar-refractivity contribution in [2.24, 2.45) is 12.5 Å². The Morgan fingerprint density at radius 3 is 2.65 bits per heavy atom. The number of hydrogen-bond donors (Lipinski definition) is 1. The Balaban J connectivity index is 2.63. The molecule has 3 heteroatoms. The summed E-state index contributed by atoms with van der Waals surface area (Å²) in [4.78, 5) is 0. The smallest absolute Gasteiger partial charge is 0.0630 e. The second-order valence-corrected chi connectivity index (χ2v) is 5.75. The van der Waals surface area contributed by atoms with Crippen LogP contribution in [-0.4, -0.2) is 22.4 Å². The van der Waals surface area contributed by atoms with Gasteiger partial charge in [-0.2, -0.15) is 5.10 Å². The lowest BCUT2D eigenvalue weighted by molar-refractivity contribution is 0.264. The molecule has 1 N–H and O–H groups in total. The van der Waals surface area contributed by atoms with Gasteiger partial charge in [0.2, 0.25) is 0 Å². The standard InChI is InChI=1S/C14H27N3/c1-6-8-14(4,11-15-12(2)3)10-13-7-9-17(5)16-13/h7,9,12,15H,6,8,10-11H2,1-5H3. The molecule has 3 nitrogen and oxygen atoms in total. The molecule has 1 unspecified atom stereocenters. The fraction of sp³-hybridized carbons (Fsp3) is 0.786. The fourth-order valence-electron chi connectivity index (χ4n) is 2.29. The van der Waals surface area contributed by atoms with Crippen LogP contribution >= 0.6 is 0 Å². The van der Waals surface area contributed by atoms with E-state index >= 15 is 0 Å². The van der Waals surface area contributed by atoms with Crippen LogP contribution in [0.1, 0.15) is 46.2 Å². The third kappa shape index (κ3) is 4.90. The number of nitrogens with zero attached hydrogens (tertiary/aromatic N) is 2. The highest BCUT2D eigenvalue weighted by molar-refractivity contribution is 5.03. The Kier molecular flexibility index (Phi) is 5.19. The number of aromatic nitrogens is 2. The topological polar surface area (TPSA) is 29.9 Å². The van der Waals surface area contributed by atoms with Crippen molar-refractivity contribution in [2.45, 2.75) is 53.0 Å². The molecule has 0 radical (unpaired) electrons. The molecule has 0 aliphatic heterocycles. The molecule has 0 aliphatic rings. The van der Waals surface area contributed by atoms with Crippen molar-refractivity contribution >= 4 is 0 Å². The van der Waals surface area contributed by atoms with Gasteiger partial charge in [-0.1, -0.05) is 34.1 Å². The van der Waals surface area contributed by atoms with Crippen LogP contribution in [0.15, 0.2) is 12.3 Å². The van der Waals surface area contributed by atoms with Gasteiger partial charge in [-0.25, -0.2) is 0 Å². The third-order valence-electron chi connectivity index (χ3n) is 3.17. The molecule has 0 fully saturated rings. The number of aryl methyl sites for hydroxylation is 1. The summed E-state index contributed by atoms with van der Waals surface area (Å²) in [5.74, 6) is 0. The Hall–Kier alpha value is -0.830. The lowest BCUT2D eigenvalue weighted by Crippen LogP contribution is -2.37. The Labute approximate surface area is 106 Å². The molecule has 1 rings (SSSR count). The molecule has 1 aromatic rings. The first kappa shape index (κ1) is 14.2. The maximum absolute atomic E-state index is 4.49. The zero-order valence-electron chi connectivity index (χ0n) is 12.0. The highest BCUT2D eigenvalue weighted by Crippen LogP contribution is 2.27. The van der Waals surface area contributed by atoms with Crippen LogP contribution in [0.4, 0.5) is 0 Å². The van der Waals surface area contributed by atoms with E-state index in [2.05, 4.69) is 44.2 Å². The minimum Gasteiger partial charge on any atom is -0.314 e. The quantitative estimate of drug-likeness (QED) is 0.790. The number of hydrogen-bond acceptors (Lipinski definition) is 2. The normalized spacial score (nSPS) is 15.2. The van der Waals surface area contributed by atoms with Crippen molar-refractivity contribution in [3.63, 3.8) is 0 Å². The van der Waals surface area contributed by atoms with Crippen LogP contribution in [0.5, 0.6) is 0 Å². The van der Waals surface area contributed by atoms with Crippen LogP contribution in [-0.2, 0) is 13.5 Å². The monoisotopic (exact) mass is 237 g/mol. The maximum atomic E-state index is 4.49. The lowest BCUT2D eigenvalue weighted by atomic mass is 9.81. The number of nitrogens with one attached hydrogen (secondary N) is 1. The highest BCUT2D eigenvalue weighted by Gasteiger charge is 2.24. The van der Waals surface area contributed by atoms with E-state index in [0.29, 0.717) is 11.5 Å². The van der Waals surface area contributed by atoms with Gasteiger partial charge in [-0.05, 0) is 24.3 Å². The van der Waals surface area contributed by atoms with Gasteiger partial charge in [-0.3, -0.25) is 4.68 Å². The van der Waals surface area contributed by atoms with Crippen molar-refractivity contribution in [3.8, 4) is 0 Å². The Morgan fingerprint density at radius 2 is 2.18 bits per heavy atom. The van der Waals surface area contributed by atoms with E-state index in [1.54, 1.807) is 0 Å². The Bertz CT molecular complexity index is 330. The molecule has 0 aromatic carbocycles. The first-order chi connectivity index (χ1) is 7.95. The van der Waals surface area contributed by atoms with E-state index in [4.69, 9.17) is 0 Å². The van der Waals surface area contributed by atoms with Gasteiger partial charge in [-0.15, -0.1) is 0 Å². The first-order valence-electron chi connectivity index (χ1n) is 6.67. The largest absolute Gasteiger partial charge is 0.314 e. The molecule has 0 saturated carbocycles. The molecule has 0 aliphatic carbocycles. The fourth-order valence-corrected chi connectivity index (χ4v) is 2.29. The molecule has 98 valence electrons. The maximum Gasteiger partial charge on any atom is 0.0630 e. The molecule has 0 spiro atoms. The summed E-state index contributed by atoms with van der Waals surface area (Å²) < 4.78 is 1.89. The van der Waals surface area contributed by atoms with E-state index in [1.807, 2.05) is 17.9 Å². The molecule has 0 amide bonds. The number of rotatable bonds is 7. The average molecular weight is 237 g/mol. The summed E-state index contributed by atoms with van der Waals surface area (Å²) in [5.41, 5.74) is 1.52. The van der Waals surface area contributed by atoms with Gasteiger partial charge in [0.15, 0.2) is 0 Å². The van der Waals surface area contributed by atoms with Gasteiger partial charge in [0.1, 0.15) is 0 Å². The third-order valence-corrected chi connectivity index (χ3v) is 3.17. The van der Waals surface area contributed by atoms with Crippen molar-refractivity contribution in [3.05, 3.63) is 18.0 Å². The molecular formula is C14H27N3. The molecular weight excluding hydrogens is 210 g/mol. The van der Waals surface area contributed by atoms with Gasteiger partial charge in [0.25, 0.3) is 0 Å². The van der Waals surface area contributed by atoms with Crippen LogP contribution in [0.3, 0.4) is 0 Å². The van der Waals surface area contributed by atoms with Gasteiger partial charge in [0.05, 0.1) is 5.69 Å². The summed E-state index contributed by atoms with van der Waals surface area (Å²) in [6.45, 7) is 10.1. The summed E-state index contributed by atoms with van der Waals surface area (Å²) in [6.07, 6.45) is 5.55. The molecule has 1 aromatic heterocycles. The predicted octanol–water partition coefficient (Wildman–Crippen LogP) is 2.77. The predicted molar refractivity (Wildman–Crippen MR) is 73.1 cm³/mol. The average Bonchev–Trinajstić information content (AvgIpc) is 2.61. The van der Waals surface area contributed by atoms with Gasteiger partial charge >= 0.3 is 0 Å².